The summed E-state index contributed by atoms with van der Waals surface area (Å²) in [5.41, 5.74) is 6.49. The molecule has 2 aromatic rings. The number of carbonyl (C=O) groups is 3. The molecule has 1 aliphatic carbocycles. The van der Waals surface area contributed by atoms with E-state index in [0.717, 1.165) is 42.3 Å². The Morgan fingerprint density at radius 2 is 2.04 bits per heavy atom. The Morgan fingerprint density at radius 3 is 2.77 bits per heavy atom. The number of amides is 2. The molecular weight excluding hydrogens is 358 g/mol. The predicted octanol–water partition coefficient (Wildman–Crippen LogP) is 1.15. The maximum Gasteiger partial charge on any atom is 0.405 e. The molecule has 0 saturated carbocycles. The molecule has 8 nitrogen and oxygen atoms in total. The minimum Gasteiger partial charge on any atom is -0.618 e. The quantitative estimate of drug-likeness (QED) is 0.461. The number of pyridine rings is 1. The number of primary amides is 1. The molecule has 0 fully saturated rings. The van der Waals surface area contributed by atoms with Crippen LogP contribution in [0, 0.1) is 5.21 Å². The van der Waals surface area contributed by atoms with E-state index in [2.05, 4.69) is 5.32 Å². The van der Waals surface area contributed by atoms with Gasteiger partial charge in [-0.15, -0.1) is 11.3 Å². The van der Waals surface area contributed by atoms with Crippen LogP contribution in [0.1, 0.15) is 44.1 Å². The number of nitrogens with zero attached hydrogens (tertiary/aromatic N) is 1. The van der Waals surface area contributed by atoms with Crippen molar-refractivity contribution >= 4 is 34.1 Å². The van der Waals surface area contributed by atoms with Gasteiger partial charge in [-0.1, -0.05) is 0 Å². The average molecular weight is 375 g/mol. The van der Waals surface area contributed by atoms with Gasteiger partial charge in [0.15, 0.2) is 12.8 Å². The highest BCUT2D eigenvalue weighted by molar-refractivity contribution is 7.17. The number of fused-ring (bicyclic) bond motifs is 1. The van der Waals surface area contributed by atoms with Crippen LogP contribution in [0.25, 0.3) is 0 Å². The van der Waals surface area contributed by atoms with Crippen molar-refractivity contribution in [2.75, 3.05) is 11.9 Å². The van der Waals surface area contributed by atoms with E-state index < -0.39 is 24.4 Å². The summed E-state index contributed by atoms with van der Waals surface area (Å²) in [6, 6.07) is 4.28. The first kappa shape index (κ1) is 17.9. The van der Waals surface area contributed by atoms with Gasteiger partial charge in [0.25, 0.3) is 11.8 Å². The summed E-state index contributed by atoms with van der Waals surface area (Å²) < 4.78 is 5.22. The first-order valence-corrected chi connectivity index (χ1v) is 8.88. The number of aromatic nitrogens is 1. The van der Waals surface area contributed by atoms with Crippen molar-refractivity contribution < 1.29 is 23.9 Å². The molecular formula is C17H17N3O5S. The van der Waals surface area contributed by atoms with Crippen molar-refractivity contribution in [2.24, 2.45) is 5.73 Å². The molecule has 0 atom stereocenters. The number of thiophene rings is 1. The Balaban J connectivity index is 1.67. The van der Waals surface area contributed by atoms with Gasteiger partial charge in [-0.2, -0.15) is 4.73 Å². The van der Waals surface area contributed by atoms with Crippen LogP contribution in [0.4, 0.5) is 5.00 Å². The molecule has 9 heteroatoms. The molecule has 0 unspecified atom stereocenters. The molecule has 2 amide bonds. The lowest BCUT2D eigenvalue weighted by atomic mass is 9.95. The Morgan fingerprint density at radius 1 is 1.27 bits per heavy atom. The van der Waals surface area contributed by atoms with Crippen LogP contribution < -0.4 is 15.8 Å². The highest BCUT2D eigenvalue weighted by Crippen LogP contribution is 2.37. The number of hydrogen-bond acceptors (Lipinski definition) is 6. The SMILES string of the molecule is NC(=O)c1c(NC(=O)COC(=O)c2cccc[n+]2[O-])sc2c1CCCC2. The van der Waals surface area contributed by atoms with Crippen molar-refractivity contribution in [2.45, 2.75) is 25.7 Å². The van der Waals surface area contributed by atoms with Gasteiger partial charge >= 0.3 is 11.7 Å². The summed E-state index contributed by atoms with van der Waals surface area (Å²) >= 11 is 1.32. The Bertz CT molecular complexity index is 877. The van der Waals surface area contributed by atoms with Crippen molar-refractivity contribution in [1.29, 1.82) is 0 Å². The summed E-state index contributed by atoms with van der Waals surface area (Å²) in [6.45, 7) is -0.575. The molecule has 0 aromatic carbocycles. The smallest absolute Gasteiger partial charge is 0.405 e. The molecule has 2 aromatic heterocycles. The van der Waals surface area contributed by atoms with E-state index in [4.69, 9.17) is 10.5 Å². The summed E-state index contributed by atoms with van der Waals surface area (Å²) in [5, 5.41) is 14.5. The molecule has 0 saturated heterocycles. The van der Waals surface area contributed by atoms with Crippen LogP contribution >= 0.6 is 11.3 Å². The van der Waals surface area contributed by atoms with Gasteiger partial charge in [0.1, 0.15) is 5.00 Å². The standard InChI is InChI=1S/C17H17N3O5S/c18-15(22)14-10-5-1-2-7-12(10)26-16(14)19-13(21)9-25-17(23)11-6-3-4-8-20(11)24/h3-4,6,8H,1-2,5,7,9H2,(H2,18,22)(H,19,21). The summed E-state index contributed by atoms with van der Waals surface area (Å²) in [7, 11) is 0. The zero-order valence-corrected chi connectivity index (χ0v) is 14.6. The van der Waals surface area contributed by atoms with Crippen molar-refractivity contribution in [3.05, 3.63) is 51.3 Å². The molecule has 26 heavy (non-hydrogen) atoms. The van der Waals surface area contributed by atoms with E-state index in [0.29, 0.717) is 15.3 Å². The third-order valence-corrected chi connectivity index (χ3v) is 5.25. The van der Waals surface area contributed by atoms with Crippen molar-refractivity contribution in [1.82, 2.24) is 0 Å². The van der Waals surface area contributed by atoms with Crippen molar-refractivity contribution in [3.8, 4) is 0 Å². The zero-order chi connectivity index (χ0) is 18.7. The van der Waals surface area contributed by atoms with E-state index in [1.165, 1.54) is 29.5 Å². The number of carbonyl (C=O) groups excluding carboxylic acids is 3. The second-order valence-corrected chi connectivity index (χ2v) is 6.92. The van der Waals surface area contributed by atoms with Crippen LogP contribution in [0.3, 0.4) is 0 Å². The summed E-state index contributed by atoms with van der Waals surface area (Å²) in [4.78, 5) is 36.8. The van der Waals surface area contributed by atoms with Crippen LogP contribution in [-0.4, -0.2) is 24.4 Å². The third kappa shape index (κ3) is 3.67. The maximum absolute atomic E-state index is 12.1. The van der Waals surface area contributed by atoms with Gasteiger partial charge in [0, 0.05) is 17.0 Å². The molecule has 0 bridgehead atoms. The molecule has 1 aliphatic rings. The number of hydrogen-bond donors (Lipinski definition) is 2. The van der Waals surface area contributed by atoms with Crippen LogP contribution in [-0.2, 0) is 22.4 Å². The van der Waals surface area contributed by atoms with Crippen LogP contribution in [0.5, 0.6) is 0 Å². The van der Waals surface area contributed by atoms with Gasteiger partial charge in [-0.3, -0.25) is 9.59 Å². The fraction of sp³-hybridized carbons (Fsp3) is 0.294. The summed E-state index contributed by atoms with van der Waals surface area (Å²) in [6.07, 6.45) is 4.77. The Kier molecular flexibility index (Phi) is 5.17. The maximum atomic E-state index is 12.1. The largest absolute Gasteiger partial charge is 0.618 e. The molecule has 136 valence electrons. The van der Waals surface area contributed by atoms with Gasteiger partial charge in [-0.25, -0.2) is 4.79 Å². The minimum absolute atomic E-state index is 0.218. The van der Waals surface area contributed by atoms with Gasteiger partial charge in [0.2, 0.25) is 0 Å². The highest BCUT2D eigenvalue weighted by atomic mass is 32.1. The zero-order valence-electron chi connectivity index (χ0n) is 13.8. The van der Waals surface area contributed by atoms with Crippen LogP contribution in [0.2, 0.25) is 0 Å². The second-order valence-electron chi connectivity index (χ2n) is 5.82. The average Bonchev–Trinajstić information content (AvgIpc) is 2.98. The fourth-order valence-corrected chi connectivity index (χ4v) is 4.18. The molecule has 3 rings (SSSR count). The van der Waals surface area contributed by atoms with E-state index in [9.17, 15) is 19.6 Å². The van der Waals surface area contributed by atoms with E-state index in [-0.39, 0.29) is 5.69 Å². The topological polar surface area (TPSA) is 125 Å². The molecule has 2 heterocycles. The number of aryl methyl sites for hydroxylation is 1. The number of rotatable bonds is 5. The number of nitrogens with two attached hydrogens (primary N) is 1. The Hall–Kier alpha value is -2.94. The minimum atomic E-state index is -0.906. The first-order valence-electron chi connectivity index (χ1n) is 8.07. The van der Waals surface area contributed by atoms with Gasteiger partial charge in [0.05, 0.1) is 5.56 Å². The lowest BCUT2D eigenvalue weighted by Gasteiger charge is -2.11. The predicted molar refractivity (Wildman–Crippen MR) is 93.8 cm³/mol. The lowest BCUT2D eigenvalue weighted by molar-refractivity contribution is -0.608. The third-order valence-electron chi connectivity index (χ3n) is 4.04. The highest BCUT2D eigenvalue weighted by Gasteiger charge is 2.25. The van der Waals surface area contributed by atoms with E-state index >= 15 is 0 Å². The number of esters is 1. The fourth-order valence-electron chi connectivity index (χ4n) is 2.87. The lowest BCUT2D eigenvalue weighted by Crippen LogP contribution is -2.35. The van der Waals surface area contributed by atoms with Crippen molar-refractivity contribution in [3.63, 3.8) is 0 Å². The van der Waals surface area contributed by atoms with E-state index in [1.54, 1.807) is 0 Å². The normalized spacial score (nSPS) is 12.9. The number of anilines is 1. The number of nitrogens with one attached hydrogen (secondary N) is 1. The van der Waals surface area contributed by atoms with Crippen LogP contribution in [0.15, 0.2) is 24.4 Å². The monoisotopic (exact) mass is 375 g/mol. The molecule has 0 radical (unpaired) electrons. The molecule has 0 spiro atoms. The van der Waals surface area contributed by atoms with Gasteiger partial charge in [-0.05, 0) is 37.3 Å². The van der Waals surface area contributed by atoms with Gasteiger partial charge < -0.3 is 21.0 Å². The van der Waals surface area contributed by atoms with E-state index in [1.807, 2.05) is 0 Å². The number of ether oxygens (including phenoxy) is 1. The molecule has 3 N–H and O–H groups in total. The summed E-state index contributed by atoms with van der Waals surface area (Å²) in [5.74, 6) is -2.10. The second kappa shape index (κ2) is 7.52. The first-order chi connectivity index (χ1) is 12.5. The molecule has 0 aliphatic heterocycles. The Labute approximate surface area is 153 Å².